The molecular weight excluding hydrogens is 1380 g/mol. The number of ether oxygens (including phenoxy) is 3. The van der Waals surface area contributed by atoms with Crippen molar-refractivity contribution in [3.8, 4) is 39.8 Å². The van der Waals surface area contributed by atoms with Crippen LogP contribution in [-0.2, 0) is 45.6 Å². The molecule has 4 unspecified atom stereocenters. The predicted octanol–water partition coefficient (Wildman–Crippen LogP) is 14.4. The number of ketones is 1. The average Bonchev–Trinajstić information content (AvgIpc) is 0.979. The first-order valence-electron chi connectivity index (χ1n) is 33.9. The molecule has 4 N–H and O–H groups in total. The second-order valence-corrected chi connectivity index (χ2v) is 33.2. The number of halogens is 7. The number of Topliss-reactive ketones (excluding diaryl/α,β-unsaturated/α-hetero) is 1. The molecule has 4 atom stereocenters. The van der Waals surface area contributed by atoms with Gasteiger partial charge in [-0.15, -0.1) is 0 Å². The van der Waals surface area contributed by atoms with Crippen LogP contribution in [0.2, 0.25) is 34.0 Å². The number of carbonyl (C=O) groups is 4. The maximum Gasteiger partial charge on any atom is 0.376 e. The molecule has 28 heteroatoms. The van der Waals surface area contributed by atoms with Crippen molar-refractivity contribution >= 4 is 69.0 Å². The van der Waals surface area contributed by atoms with E-state index in [1.54, 1.807) is 46.5 Å². The highest BCUT2D eigenvalue weighted by Gasteiger charge is 2.39. The van der Waals surface area contributed by atoms with E-state index < -0.39 is 55.2 Å². The quantitative estimate of drug-likeness (QED) is 0.00378. The summed E-state index contributed by atoms with van der Waals surface area (Å²) in [6.45, 7) is 28.0. The Morgan fingerprint density at radius 2 is 1.11 bits per heavy atom. The summed E-state index contributed by atoms with van der Waals surface area (Å²) in [7, 11) is 3.60. The summed E-state index contributed by atoms with van der Waals surface area (Å²) in [6.07, 6.45) is 7.78. The minimum atomic E-state index is -2.35. The van der Waals surface area contributed by atoms with Crippen LogP contribution < -0.4 is 24.8 Å². The lowest BCUT2D eigenvalue weighted by Crippen LogP contribution is -2.45. The average molecular weight is 1470 g/mol. The van der Waals surface area contributed by atoms with E-state index >= 15 is 0 Å². The molecule has 1 radical (unpaired) electrons. The molecule has 0 aliphatic carbocycles. The van der Waals surface area contributed by atoms with Crippen molar-refractivity contribution in [2.45, 2.75) is 143 Å². The topological polar surface area (TPSA) is 225 Å². The first-order valence-corrected chi connectivity index (χ1v) is 37.5. The Balaban J connectivity index is 0.000000220. The minimum Gasteiger partial charge on any atom is -0.555 e. The zero-order chi connectivity index (χ0) is 74.9. The lowest BCUT2D eigenvalue weighted by atomic mass is 9.75. The van der Waals surface area contributed by atoms with Gasteiger partial charge in [-0.05, 0) is 171 Å². The molecule has 2 saturated heterocycles. The number of imidazole rings is 2. The number of nitrogens with one attached hydrogen (secondary N) is 3. The Kier molecular flexibility index (Phi) is 29.5. The molecule has 102 heavy (non-hydrogen) atoms. The number of nitrogens with zero attached hydrogens (tertiary/aromatic N) is 6. The van der Waals surface area contributed by atoms with Gasteiger partial charge in [0.15, 0.2) is 14.1 Å². The van der Waals surface area contributed by atoms with Crippen LogP contribution in [0.3, 0.4) is 0 Å². The molecule has 4 heterocycles. The van der Waals surface area contributed by atoms with Crippen LogP contribution >= 0.6 is 23.2 Å². The van der Waals surface area contributed by atoms with Gasteiger partial charge in [0.2, 0.25) is 46.6 Å². The van der Waals surface area contributed by atoms with Gasteiger partial charge >= 0.3 is 13.5 Å². The van der Waals surface area contributed by atoms with Crippen LogP contribution in [0.1, 0.15) is 137 Å². The third-order valence-electron chi connectivity index (χ3n) is 17.5. The number of amides is 2. The summed E-state index contributed by atoms with van der Waals surface area (Å²) < 4.78 is 97.2. The second kappa shape index (κ2) is 36.9. The number of aryl methyl sites for hydroxylation is 2. The van der Waals surface area contributed by atoms with Gasteiger partial charge in [-0.25, -0.2) is 27.9 Å². The number of hydrogen-bond acceptors (Lipinski definition) is 15. The third-order valence-corrected chi connectivity index (χ3v) is 22.6. The molecular formula is C74H92BCl2F5N9O10Si. The van der Waals surface area contributed by atoms with Crippen molar-refractivity contribution in [1.29, 1.82) is 5.41 Å². The molecule has 2 aromatic heterocycles. The van der Waals surface area contributed by atoms with E-state index in [9.17, 15) is 46.2 Å². The molecule has 2 fully saturated rings. The highest BCUT2D eigenvalue weighted by atomic mass is 35.5. The van der Waals surface area contributed by atoms with Crippen LogP contribution in [0.4, 0.5) is 22.0 Å². The Labute approximate surface area is 605 Å². The van der Waals surface area contributed by atoms with Crippen molar-refractivity contribution in [1.82, 2.24) is 39.5 Å². The standard InChI is InChI=1S/C31H39ClN4O4.C27H43BN5O3Si.C16H10ClF5O3/c1-20(2)40-29-11-10-25(16-26(29)32)28(38)15-23(17-33-30(39)19-36-12-5-13-36)14-22-6-8-24(9-7-22)27-18-35(4)31(34-27)21(3)37;1-20(36-37(6,7)27(2,3)4)26-31-24(17-32(26)5)22-11-9-21(10-12-22)15-23(28-35-19-29)16-30-25(34)18-33-13-8-14-33;1-6(2)24-9-4-3-7(5-8(9)17)16(23)25-15-13(21)11(19)10(18)12(20)14(15)22/h6-11,16,18,20-21,23,37H,5,12-15,17,19H2,1-4H3,(H,33,39);9-12,17,19-20,23,29H,8,13-16,18H2,1-7H3,(H,30,34);3-6H,1-2H3. The zero-order valence-electron chi connectivity index (χ0n) is 60.0. The van der Waals surface area contributed by atoms with Gasteiger partial charge in [0.05, 0.1) is 52.3 Å². The minimum absolute atomic E-state index is 0.000520. The number of aromatic nitrogens is 4. The zero-order valence-corrected chi connectivity index (χ0v) is 62.5. The Hall–Kier alpha value is -7.98. The molecule has 2 amide bonds. The van der Waals surface area contributed by atoms with E-state index in [0.717, 1.165) is 97.0 Å². The molecule has 0 saturated carbocycles. The van der Waals surface area contributed by atoms with E-state index in [1.807, 2.05) is 63.0 Å². The van der Waals surface area contributed by atoms with Crippen LogP contribution in [0.5, 0.6) is 17.2 Å². The van der Waals surface area contributed by atoms with E-state index in [-0.39, 0.29) is 75.4 Å². The van der Waals surface area contributed by atoms with Crippen LogP contribution in [0.15, 0.2) is 97.3 Å². The molecule has 549 valence electrons. The summed E-state index contributed by atoms with van der Waals surface area (Å²) in [6, 6.07) is 25.1. The van der Waals surface area contributed by atoms with Crippen molar-refractivity contribution in [3.05, 3.63) is 170 Å². The summed E-state index contributed by atoms with van der Waals surface area (Å²) >= 11 is 12.3. The normalized spacial score (nSPS) is 14.3. The maximum atomic E-state index is 13.5. The molecule has 2 aliphatic rings. The van der Waals surface area contributed by atoms with Crippen molar-refractivity contribution in [2.24, 2.45) is 20.0 Å². The van der Waals surface area contributed by atoms with E-state index in [1.165, 1.54) is 6.07 Å². The second-order valence-electron chi connectivity index (χ2n) is 27.6. The van der Waals surface area contributed by atoms with Gasteiger partial charge in [-0.2, -0.15) is 8.78 Å². The summed E-state index contributed by atoms with van der Waals surface area (Å²) in [5.41, 5.74) is 6.14. The summed E-state index contributed by atoms with van der Waals surface area (Å²) in [4.78, 5) is 63.6. The molecule has 7 aromatic rings. The fourth-order valence-electron chi connectivity index (χ4n) is 10.8. The fraction of sp³-hybridized carbons (Fsp3) is 0.446. The van der Waals surface area contributed by atoms with E-state index in [0.29, 0.717) is 61.2 Å². The summed E-state index contributed by atoms with van der Waals surface area (Å²) in [5.74, 6) is -12.2. The monoisotopic (exact) mass is 1470 g/mol. The Bertz CT molecular complexity index is 3990. The van der Waals surface area contributed by atoms with Gasteiger partial charge in [0.25, 0.3) is 0 Å². The van der Waals surface area contributed by atoms with Gasteiger partial charge in [0.1, 0.15) is 41.8 Å². The lowest BCUT2D eigenvalue weighted by Gasteiger charge is -2.38. The maximum absolute atomic E-state index is 13.5. The first kappa shape index (κ1) is 81.3. The van der Waals surface area contributed by atoms with Crippen molar-refractivity contribution in [3.63, 3.8) is 0 Å². The highest BCUT2D eigenvalue weighted by molar-refractivity contribution is 6.74. The van der Waals surface area contributed by atoms with Crippen LogP contribution in [0.25, 0.3) is 22.5 Å². The largest absolute Gasteiger partial charge is 0.555 e. The Morgan fingerprint density at radius 3 is 1.55 bits per heavy atom. The number of hydrogen-bond donors (Lipinski definition) is 4. The first-order chi connectivity index (χ1) is 48.1. The van der Waals surface area contributed by atoms with Gasteiger partial charge in [-0.1, -0.05) is 92.5 Å². The number of likely N-dealkylation sites (tertiary alicyclic amines) is 2. The molecule has 5 aromatic carbocycles. The molecule has 19 nitrogen and oxygen atoms in total. The molecule has 0 bridgehead atoms. The summed E-state index contributed by atoms with van der Waals surface area (Å²) in [5, 5.41) is 23.7. The number of aliphatic hydroxyl groups excluding tert-OH is 1. The van der Waals surface area contributed by atoms with Crippen molar-refractivity contribution < 1.29 is 69.5 Å². The van der Waals surface area contributed by atoms with Crippen LogP contribution in [0, 0.1) is 40.4 Å². The van der Waals surface area contributed by atoms with Crippen molar-refractivity contribution in [2.75, 3.05) is 52.4 Å². The fourth-order valence-corrected chi connectivity index (χ4v) is 12.6. The highest BCUT2D eigenvalue weighted by Crippen LogP contribution is 2.40. The Morgan fingerprint density at radius 1 is 0.657 bits per heavy atom. The van der Waals surface area contributed by atoms with E-state index in [4.69, 9.17) is 52.1 Å². The lowest BCUT2D eigenvalue weighted by molar-refractivity contribution is -0.124. The number of esters is 1. The van der Waals surface area contributed by atoms with Crippen LogP contribution in [-0.4, -0.2) is 144 Å². The number of carbonyl (C=O) groups excluding carboxylic acids is 4. The molecule has 0 spiro atoms. The third kappa shape index (κ3) is 23.0. The van der Waals surface area contributed by atoms with E-state index in [2.05, 4.69) is 106 Å². The number of benzene rings is 5. The van der Waals surface area contributed by atoms with Gasteiger partial charge < -0.3 is 48.2 Å². The smallest absolute Gasteiger partial charge is 0.376 e. The molecule has 9 rings (SSSR count). The predicted molar refractivity (Wildman–Crippen MR) is 388 cm³/mol. The van der Waals surface area contributed by atoms with Gasteiger partial charge in [-0.3, -0.25) is 29.6 Å². The number of rotatable bonds is 30. The SMILES string of the molecule is CC(C)Oc1ccc(C(=O)CC(CNC(=O)CN2CCC2)Cc2ccc(-c3cn(C)c(C(C)O)n3)cc2)cc1Cl.CC(C)Oc1ccc(C(=O)Oc2c(F)c(F)c(F)c(F)c2F)cc1Cl.CC(O[Si](C)(C)C(C)(C)C)c1nc(-c2ccc(CC([B]OC=N)CNC(=O)CN3CCC3)cc2)cn1C. The number of aliphatic hydroxyl groups is 1. The molecule has 2 aliphatic heterocycles. The van der Waals surface area contributed by atoms with Gasteiger partial charge in [0, 0.05) is 62.7 Å².